The van der Waals surface area contributed by atoms with Crippen LogP contribution in [0.5, 0.6) is 0 Å². The molecular formula is C85H75B9N4O2. The van der Waals surface area contributed by atoms with Crippen molar-refractivity contribution in [2.45, 2.75) is 78.6 Å². The van der Waals surface area contributed by atoms with Crippen LogP contribution in [-0.2, 0) is 16.2 Å². The summed E-state index contributed by atoms with van der Waals surface area (Å²) < 4.78 is 18.5. The van der Waals surface area contributed by atoms with Gasteiger partial charge in [-0.1, -0.05) is 222 Å². The number of hydrogen-bond donors (Lipinski definition) is 0. The Morgan fingerprint density at radius 2 is 0.880 bits per heavy atom. The van der Waals surface area contributed by atoms with Gasteiger partial charge in [0.25, 0.3) is 6.71 Å². The smallest absolute Gasteiger partial charge is 0.257 e. The fourth-order valence-corrected chi connectivity index (χ4v) is 16.8. The summed E-state index contributed by atoms with van der Waals surface area (Å²) in [5, 5.41) is 17.0. The van der Waals surface area contributed by atoms with E-state index in [2.05, 4.69) is 334 Å². The van der Waals surface area contributed by atoms with Crippen LogP contribution in [0.3, 0.4) is 0 Å². The molecule has 6 nitrogen and oxygen atoms in total. The Bertz CT molecular complexity index is 6090. The highest BCUT2D eigenvalue weighted by molar-refractivity contribution is 7.02. The van der Waals surface area contributed by atoms with Crippen LogP contribution in [0.15, 0.2) is 203 Å². The van der Waals surface area contributed by atoms with Crippen molar-refractivity contribution in [3.8, 4) is 45.1 Å². The molecule has 0 aliphatic carbocycles. The minimum atomic E-state index is -0.431. The van der Waals surface area contributed by atoms with E-state index in [-0.39, 0.29) is 16.2 Å². The van der Waals surface area contributed by atoms with Crippen molar-refractivity contribution in [1.29, 1.82) is 5.26 Å². The molecular weight excluding hydrogens is 1210 g/mol. The fourth-order valence-electron chi connectivity index (χ4n) is 16.8. The van der Waals surface area contributed by atoms with Gasteiger partial charge in [-0.25, -0.2) is 0 Å². The molecule has 474 valence electrons. The largest absolute Gasteiger partial charge is 0.457 e. The summed E-state index contributed by atoms with van der Waals surface area (Å²) in [6.07, 6.45) is 0. The highest BCUT2D eigenvalue weighted by Gasteiger charge is 2.49. The highest BCUT2D eigenvalue weighted by atomic mass is 16.3. The molecule has 15 heteroatoms. The fraction of sp³-hybridized carbons (Fsp3) is 0.141. The molecule has 0 saturated heterocycles. The van der Waals surface area contributed by atoms with Crippen LogP contribution in [-0.4, -0.2) is 74.1 Å². The second-order valence-electron chi connectivity index (χ2n) is 31.8. The van der Waals surface area contributed by atoms with Crippen molar-refractivity contribution in [2.24, 2.45) is 0 Å². The molecule has 2 aliphatic rings. The molecule has 0 atom stereocenters. The first-order chi connectivity index (χ1) is 47.8. The van der Waals surface area contributed by atoms with E-state index in [4.69, 9.17) is 8.83 Å². The molecule has 0 unspecified atom stereocenters. The van der Waals surface area contributed by atoms with Crippen LogP contribution in [0.4, 0.5) is 34.1 Å². The molecule has 0 fully saturated rings. The average Bonchev–Trinajstić information content (AvgIpc) is 1.30. The number of fused-ring (bicyclic) bond motifs is 16. The number of para-hydroxylation sites is 2. The van der Waals surface area contributed by atoms with E-state index in [0.717, 1.165) is 161 Å². The zero-order valence-corrected chi connectivity index (χ0v) is 60.7. The summed E-state index contributed by atoms with van der Waals surface area (Å²) in [4.78, 5) is 5.24. The molecule has 0 bridgehead atoms. The molecule has 2 aliphatic heterocycles. The number of aromatic nitrogens is 1. The van der Waals surface area contributed by atoms with Crippen LogP contribution in [0, 0.1) is 11.3 Å². The molecule has 0 radical (unpaired) electrons. The predicted molar refractivity (Wildman–Crippen MR) is 452 cm³/mol. The molecule has 0 N–H and O–H groups in total. The van der Waals surface area contributed by atoms with E-state index < -0.39 is 6.71 Å². The maximum Gasteiger partial charge on any atom is 0.257 e. The summed E-state index contributed by atoms with van der Waals surface area (Å²) in [6, 6.07) is 75.1. The molecule has 100 heavy (non-hydrogen) atoms. The lowest BCUT2D eigenvalue weighted by molar-refractivity contribution is 0.569. The monoisotopic (exact) mass is 1280 g/mol. The van der Waals surface area contributed by atoms with Gasteiger partial charge >= 0.3 is 0 Å². The number of nitriles is 1. The van der Waals surface area contributed by atoms with Crippen molar-refractivity contribution in [3.05, 3.63) is 216 Å². The highest BCUT2D eigenvalue weighted by Crippen LogP contribution is 2.55. The quantitative estimate of drug-likeness (QED) is 0.162. The van der Waals surface area contributed by atoms with Gasteiger partial charge in [0.05, 0.1) is 39.7 Å². The van der Waals surface area contributed by atoms with Crippen LogP contribution in [0.1, 0.15) is 84.6 Å². The van der Waals surface area contributed by atoms with E-state index in [1.165, 1.54) is 54.9 Å². The lowest BCUT2D eigenvalue weighted by Crippen LogP contribution is -2.61. The van der Waals surface area contributed by atoms with Crippen LogP contribution >= 0.6 is 0 Å². The van der Waals surface area contributed by atoms with Gasteiger partial charge in [-0.15, -0.1) is 10.9 Å². The third-order valence-electron chi connectivity index (χ3n) is 23.0. The summed E-state index contributed by atoms with van der Waals surface area (Å²) in [6.45, 7) is 20.6. The predicted octanol–water partition coefficient (Wildman–Crippen LogP) is 7.50. The number of nitrogens with zero attached hydrogens (tertiary/aromatic N) is 4. The third kappa shape index (κ3) is 9.27. The van der Waals surface area contributed by atoms with E-state index in [1.54, 1.807) is 0 Å². The van der Waals surface area contributed by atoms with Crippen LogP contribution in [0.25, 0.3) is 105 Å². The molecule has 15 aromatic rings. The normalized spacial score (nSPS) is 13.1. The molecule has 3 aromatic heterocycles. The van der Waals surface area contributed by atoms with Gasteiger partial charge in [-0.2, -0.15) is 5.26 Å². The first-order valence-electron chi connectivity index (χ1n) is 35.5. The van der Waals surface area contributed by atoms with Gasteiger partial charge in [0.15, 0.2) is 5.58 Å². The minimum Gasteiger partial charge on any atom is -0.457 e. The summed E-state index contributed by atoms with van der Waals surface area (Å²) in [7, 11) is 18.2. The standard InChI is InChI=1S/C85H75B9N4O2/c1-83(2,3)48-29-33-59(54(40-48)45-22-14-11-15-23-45)97-61-41-51(96-58-27-19-17-25-53(58)55-34-43(42-95)28-32-60(55)96)30-31-56(61)94-76-62(97)37-47(46-35-49(84(4,5)6)39-50(36-46)85(7,8)9)38-63(76)98(57-26-18-16-24-52(57)44-20-12-10-13-21-44)78-77(94)81-64(66-68(86)70(88)72(90)74(92)79(66)99-81)65-67-69(87)71(89)73(91)75(93)80(67)100-82(65)78/h10-41H,86-93H2,1-9H3. The zero-order chi connectivity index (χ0) is 69.7. The molecule has 5 heterocycles. The first kappa shape index (κ1) is 63.2. The number of furan rings is 2. The molecule has 17 rings (SSSR count). The van der Waals surface area contributed by atoms with E-state index in [1.807, 2.05) is 6.07 Å². The Hall–Kier alpha value is -10.3. The maximum atomic E-state index is 10.4. The molecule has 0 amide bonds. The van der Waals surface area contributed by atoms with Crippen LogP contribution < -0.4 is 69.9 Å². The number of anilines is 6. The lowest BCUT2D eigenvalue weighted by Gasteiger charge is -2.45. The van der Waals surface area contributed by atoms with Crippen LogP contribution in [0.2, 0.25) is 0 Å². The second-order valence-corrected chi connectivity index (χ2v) is 31.8. The molecule has 0 spiro atoms. The minimum absolute atomic E-state index is 0.164. The summed E-state index contributed by atoms with van der Waals surface area (Å²) in [5.41, 5.74) is 36.6. The number of rotatable bonds is 6. The van der Waals surface area contributed by atoms with Crippen molar-refractivity contribution in [3.63, 3.8) is 0 Å². The van der Waals surface area contributed by atoms with Gasteiger partial charge < -0.3 is 23.2 Å². The Morgan fingerprint density at radius 1 is 0.360 bits per heavy atom. The Morgan fingerprint density at radius 3 is 1.50 bits per heavy atom. The molecule has 0 saturated carbocycles. The Kier molecular flexibility index (Phi) is 14.1. The van der Waals surface area contributed by atoms with E-state index >= 15 is 0 Å². The Labute approximate surface area is 594 Å². The van der Waals surface area contributed by atoms with Gasteiger partial charge in [-0.3, -0.25) is 0 Å². The maximum absolute atomic E-state index is 10.4. The SMILES string of the molecule is Bc1c(B)c(B)c2c(oc3c4c(c5oc6c(B)c(B)c(B)c(B)c6c5c32)N(c2ccccc2-c2ccccc2)c2cc(-c3cc(C(C)(C)C)cc(C(C)(C)C)c3)cc3c2B4c2ccc(-n4c5ccccc5c5cc(C#N)ccc54)cc2N3c2ccc(C(C)(C)C)cc2-c2ccccc2)c1B. The van der Waals surface area contributed by atoms with Gasteiger partial charge in [0.2, 0.25) is 0 Å². The molecule has 12 aromatic carbocycles. The second kappa shape index (κ2) is 22.4. The van der Waals surface area contributed by atoms with Crippen molar-refractivity contribution < 1.29 is 8.83 Å². The summed E-state index contributed by atoms with van der Waals surface area (Å²) in [5.74, 6) is 0. The zero-order valence-electron chi connectivity index (χ0n) is 60.7. The van der Waals surface area contributed by atoms with Gasteiger partial charge in [0, 0.05) is 71.7 Å². The Balaban J connectivity index is 1.13. The van der Waals surface area contributed by atoms with E-state index in [0.29, 0.717) is 5.56 Å². The number of hydrogen-bond acceptors (Lipinski definition) is 5. The lowest BCUT2D eigenvalue weighted by atomic mass is 9.33. The topological polar surface area (TPSA) is 61.5 Å². The van der Waals surface area contributed by atoms with Crippen molar-refractivity contribution in [2.75, 3.05) is 9.80 Å². The third-order valence-corrected chi connectivity index (χ3v) is 23.0. The van der Waals surface area contributed by atoms with Gasteiger partial charge in [-0.05, 0) is 133 Å². The van der Waals surface area contributed by atoms with Crippen molar-refractivity contribution in [1.82, 2.24) is 4.57 Å². The summed E-state index contributed by atoms with van der Waals surface area (Å²) >= 11 is 0. The van der Waals surface area contributed by atoms with Gasteiger partial charge in [0.1, 0.15) is 79.5 Å². The number of benzene rings is 12. The van der Waals surface area contributed by atoms with E-state index in [9.17, 15) is 5.26 Å². The average molecular weight is 1280 g/mol. The van der Waals surface area contributed by atoms with Crippen molar-refractivity contribution >= 4 is 229 Å². The first-order valence-corrected chi connectivity index (χ1v) is 35.5.